The van der Waals surface area contributed by atoms with Gasteiger partial charge in [0.15, 0.2) is 15.2 Å². The second-order valence-electron chi connectivity index (χ2n) is 6.81. The molecule has 2 aliphatic rings. The Balaban J connectivity index is 1.92. The number of carbonyl (C=O) groups is 4. The molecule has 11 nitrogen and oxygen atoms in total. The molecule has 0 bridgehead atoms. The summed E-state index contributed by atoms with van der Waals surface area (Å²) in [6, 6.07) is 7.32. The number of β-lactam (4-membered cyclic amide) rings is 1. The molecule has 12 heteroatoms. The van der Waals surface area contributed by atoms with Crippen LogP contribution >= 0.6 is 0 Å². The average molecular weight is 452 g/mol. The molecule has 0 spiro atoms. The topological polar surface area (TPSA) is 145 Å². The molecule has 0 saturated carbocycles. The van der Waals surface area contributed by atoms with Crippen LogP contribution in [0, 0.1) is 0 Å². The number of rotatable bonds is 6. The summed E-state index contributed by atoms with van der Waals surface area (Å²) in [4.78, 5) is 49.0. The van der Waals surface area contributed by atoms with Gasteiger partial charge in [-0.05, 0) is 5.56 Å². The molecule has 2 aliphatic heterocycles. The third-order valence-electron chi connectivity index (χ3n) is 4.68. The fourth-order valence-electron chi connectivity index (χ4n) is 3.29. The highest BCUT2D eigenvalue weighted by molar-refractivity contribution is 7.92. The van der Waals surface area contributed by atoms with Crippen molar-refractivity contribution in [2.45, 2.75) is 24.9 Å². The first-order valence-electron chi connectivity index (χ1n) is 9.11. The fourth-order valence-corrected chi connectivity index (χ4v) is 5.29. The van der Waals surface area contributed by atoms with E-state index in [9.17, 15) is 27.6 Å². The Kier molecular flexibility index (Phi) is 6.29. The highest BCUT2D eigenvalue weighted by Crippen LogP contribution is 2.37. The number of sulfone groups is 1. The lowest BCUT2D eigenvalue weighted by molar-refractivity contribution is -0.152. The molecular formula is C19H20N2O9S. The Morgan fingerprint density at radius 1 is 1.13 bits per heavy atom. The number of carbonyl (C=O) groups excluding carboxylic acids is 4. The van der Waals surface area contributed by atoms with Crippen LogP contribution in [-0.4, -0.2) is 68.1 Å². The lowest BCUT2D eigenvalue weighted by atomic mass is 10.0. The van der Waals surface area contributed by atoms with Crippen LogP contribution in [0.3, 0.4) is 0 Å². The SMILES string of the molecule is COC(=O)N[C@H]1C(=O)N2C(C(=O)OCc3ccccc3)=C(COC(C)=O)CS(=O)(=O)C12. The zero-order valence-corrected chi connectivity index (χ0v) is 17.5. The molecule has 2 heterocycles. The number of fused-ring (bicyclic) bond motifs is 1. The molecule has 0 radical (unpaired) electrons. The smallest absolute Gasteiger partial charge is 0.407 e. The minimum absolute atomic E-state index is 0.0885. The van der Waals surface area contributed by atoms with Crippen LogP contribution in [0.15, 0.2) is 41.6 Å². The van der Waals surface area contributed by atoms with Crippen molar-refractivity contribution in [2.75, 3.05) is 19.5 Å². The summed E-state index contributed by atoms with van der Waals surface area (Å²) >= 11 is 0. The maximum Gasteiger partial charge on any atom is 0.407 e. The molecule has 0 aromatic heterocycles. The monoisotopic (exact) mass is 452 g/mol. The molecule has 31 heavy (non-hydrogen) atoms. The van der Waals surface area contributed by atoms with Crippen LogP contribution in [0.4, 0.5) is 4.79 Å². The van der Waals surface area contributed by atoms with Gasteiger partial charge in [-0.3, -0.25) is 14.5 Å². The van der Waals surface area contributed by atoms with E-state index in [0.717, 1.165) is 18.9 Å². The molecule has 1 aromatic carbocycles. The summed E-state index contributed by atoms with van der Waals surface area (Å²) in [5.41, 5.74) is 0.275. The summed E-state index contributed by atoms with van der Waals surface area (Å²) in [7, 11) is -2.95. The Labute approximate surface area is 177 Å². The minimum Gasteiger partial charge on any atom is -0.461 e. The number of benzene rings is 1. The number of amides is 2. The molecule has 1 unspecified atom stereocenters. The predicted molar refractivity (Wildman–Crippen MR) is 104 cm³/mol. The standard InChI is InChI=1S/C19H20N2O9S/c1-11(22)29-9-13-10-31(26,27)17-14(20-19(25)28-2)16(23)21(17)15(13)18(24)30-8-12-6-4-3-5-7-12/h3-7,14,17H,8-10H2,1-2H3,(H,20,25)/t14-,17?/m0/s1. The lowest BCUT2D eigenvalue weighted by Crippen LogP contribution is -2.74. The Morgan fingerprint density at radius 2 is 1.81 bits per heavy atom. The van der Waals surface area contributed by atoms with Crippen LogP contribution < -0.4 is 5.32 Å². The van der Waals surface area contributed by atoms with Crippen molar-refractivity contribution in [2.24, 2.45) is 0 Å². The van der Waals surface area contributed by atoms with Gasteiger partial charge in [0, 0.05) is 12.5 Å². The number of nitrogens with one attached hydrogen (secondary N) is 1. The van der Waals surface area contributed by atoms with Crippen molar-refractivity contribution in [1.82, 2.24) is 10.2 Å². The normalized spacial score (nSPS) is 21.5. The number of alkyl carbamates (subject to hydrolysis) is 1. The van der Waals surface area contributed by atoms with Gasteiger partial charge in [-0.2, -0.15) is 0 Å². The van der Waals surface area contributed by atoms with E-state index in [4.69, 9.17) is 9.47 Å². The van der Waals surface area contributed by atoms with E-state index >= 15 is 0 Å². The fraction of sp³-hybridized carbons (Fsp3) is 0.368. The van der Waals surface area contributed by atoms with Gasteiger partial charge in [0.2, 0.25) is 0 Å². The van der Waals surface area contributed by atoms with Gasteiger partial charge in [-0.1, -0.05) is 30.3 Å². The van der Waals surface area contributed by atoms with E-state index in [2.05, 4.69) is 10.1 Å². The summed E-state index contributed by atoms with van der Waals surface area (Å²) < 4.78 is 40.1. The first-order valence-corrected chi connectivity index (χ1v) is 10.8. The molecule has 1 fully saturated rings. The second kappa shape index (κ2) is 8.76. The van der Waals surface area contributed by atoms with Gasteiger partial charge in [-0.15, -0.1) is 0 Å². The maximum atomic E-state index is 12.8. The molecule has 166 valence electrons. The van der Waals surface area contributed by atoms with Crippen molar-refractivity contribution in [3.05, 3.63) is 47.2 Å². The Hall–Kier alpha value is -3.41. The number of hydrogen-bond acceptors (Lipinski definition) is 9. The van der Waals surface area contributed by atoms with Crippen molar-refractivity contribution in [3.63, 3.8) is 0 Å². The predicted octanol–water partition coefficient (Wildman–Crippen LogP) is -0.132. The van der Waals surface area contributed by atoms with E-state index in [-0.39, 0.29) is 17.9 Å². The third kappa shape index (κ3) is 4.53. The highest BCUT2D eigenvalue weighted by Gasteiger charge is 2.61. The number of nitrogens with zero attached hydrogens (tertiary/aromatic N) is 1. The van der Waals surface area contributed by atoms with E-state index < -0.39 is 57.6 Å². The zero-order valence-electron chi connectivity index (χ0n) is 16.7. The lowest BCUT2D eigenvalue weighted by Gasteiger charge is -2.48. The molecule has 2 atom stereocenters. The van der Waals surface area contributed by atoms with Crippen LogP contribution in [0.2, 0.25) is 0 Å². The largest absolute Gasteiger partial charge is 0.461 e. The average Bonchev–Trinajstić information content (AvgIpc) is 2.73. The number of methoxy groups -OCH3 is 1. The van der Waals surface area contributed by atoms with Crippen LogP contribution in [0.5, 0.6) is 0 Å². The van der Waals surface area contributed by atoms with Gasteiger partial charge >= 0.3 is 18.0 Å². The summed E-state index contributed by atoms with van der Waals surface area (Å²) in [5, 5.41) is 0.661. The molecule has 1 aromatic rings. The van der Waals surface area contributed by atoms with Crippen molar-refractivity contribution in [3.8, 4) is 0 Å². The summed E-state index contributed by atoms with van der Waals surface area (Å²) in [5.74, 6) is -3.12. The van der Waals surface area contributed by atoms with Crippen molar-refractivity contribution in [1.29, 1.82) is 0 Å². The van der Waals surface area contributed by atoms with Crippen LogP contribution in [-0.2, 0) is 45.0 Å². The first-order chi connectivity index (χ1) is 14.7. The molecule has 3 rings (SSSR count). The summed E-state index contributed by atoms with van der Waals surface area (Å²) in [6.45, 7) is 0.502. The van der Waals surface area contributed by atoms with E-state index in [1.165, 1.54) is 0 Å². The molecule has 2 amide bonds. The maximum absolute atomic E-state index is 12.8. The van der Waals surface area contributed by atoms with Crippen LogP contribution in [0.25, 0.3) is 0 Å². The quantitative estimate of drug-likeness (QED) is 0.354. The van der Waals surface area contributed by atoms with Crippen LogP contribution in [0.1, 0.15) is 12.5 Å². The molecule has 0 aliphatic carbocycles. The number of ether oxygens (including phenoxy) is 3. The Bertz CT molecular complexity index is 1050. The summed E-state index contributed by atoms with van der Waals surface area (Å²) in [6.07, 6.45) is -0.990. The second-order valence-corrected chi connectivity index (χ2v) is 8.91. The van der Waals surface area contributed by atoms with Gasteiger partial charge in [0.25, 0.3) is 5.91 Å². The molecule has 1 N–H and O–H groups in total. The van der Waals surface area contributed by atoms with E-state index in [1.807, 2.05) is 0 Å². The van der Waals surface area contributed by atoms with Crippen molar-refractivity contribution < 1.29 is 41.8 Å². The van der Waals surface area contributed by atoms with Crippen molar-refractivity contribution >= 4 is 33.8 Å². The zero-order chi connectivity index (χ0) is 22.8. The first kappa shape index (κ1) is 22.3. The molecule has 1 saturated heterocycles. The number of hydrogen-bond donors (Lipinski definition) is 1. The van der Waals surface area contributed by atoms with E-state index in [1.54, 1.807) is 30.3 Å². The van der Waals surface area contributed by atoms with Gasteiger partial charge < -0.3 is 19.5 Å². The highest BCUT2D eigenvalue weighted by atomic mass is 32.2. The van der Waals surface area contributed by atoms with Gasteiger partial charge in [0.05, 0.1) is 12.9 Å². The minimum atomic E-state index is -4.01. The third-order valence-corrected chi connectivity index (χ3v) is 6.65. The number of esters is 2. The van der Waals surface area contributed by atoms with E-state index in [0.29, 0.717) is 5.56 Å². The van der Waals surface area contributed by atoms with Gasteiger partial charge in [0.1, 0.15) is 25.0 Å². The van der Waals surface area contributed by atoms with Gasteiger partial charge in [-0.25, -0.2) is 18.0 Å². The molecular weight excluding hydrogens is 432 g/mol. The Morgan fingerprint density at radius 3 is 2.42 bits per heavy atom.